The molecule has 128 valence electrons. The first-order chi connectivity index (χ1) is 11.5. The number of fused-ring (bicyclic) bond motifs is 1. The number of rotatable bonds is 8. The van der Waals surface area contributed by atoms with Gasteiger partial charge in [0, 0.05) is 12.5 Å². The molecule has 1 heterocycles. The highest BCUT2D eigenvalue weighted by atomic mass is 16.5. The molecule has 0 fully saturated rings. The van der Waals surface area contributed by atoms with Gasteiger partial charge in [-0.3, -0.25) is 24.1 Å². The predicted molar refractivity (Wildman–Crippen MR) is 86.6 cm³/mol. The molecule has 2 rings (SSSR count). The molecule has 0 bridgehead atoms. The lowest BCUT2D eigenvalue weighted by Crippen LogP contribution is -2.37. The minimum Gasteiger partial charge on any atom is -0.468 e. The van der Waals surface area contributed by atoms with Gasteiger partial charge in [0.15, 0.2) is 0 Å². The molecule has 0 aliphatic carbocycles. The number of carbonyl (C=O) groups excluding carboxylic acids is 4. The van der Waals surface area contributed by atoms with Crippen molar-refractivity contribution in [3.8, 4) is 0 Å². The van der Waals surface area contributed by atoms with Crippen molar-refractivity contribution in [1.29, 1.82) is 0 Å². The second-order valence-corrected chi connectivity index (χ2v) is 5.58. The number of carbonyl (C=O) groups is 4. The van der Waals surface area contributed by atoms with Crippen LogP contribution in [0.15, 0.2) is 18.2 Å². The van der Waals surface area contributed by atoms with Gasteiger partial charge in [-0.1, -0.05) is 13.0 Å². The lowest BCUT2D eigenvalue weighted by Gasteiger charge is -2.20. The number of hydrogen-bond donors (Lipinski definition) is 1. The molecule has 1 aromatic rings. The van der Waals surface area contributed by atoms with Crippen LogP contribution in [-0.4, -0.2) is 41.7 Å². The highest BCUT2D eigenvalue weighted by Gasteiger charge is 2.39. The average Bonchev–Trinajstić information content (AvgIpc) is 2.83. The number of ether oxygens (including phenoxy) is 1. The Balaban J connectivity index is 2.16. The van der Waals surface area contributed by atoms with E-state index in [0.29, 0.717) is 30.6 Å². The molecule has 1 aromatic carbocycles. The van der Waals surface area contributed by atoms with Crippen molar-refractivity contribution in [3.63, 3.8) is 0 Å². The van der Waals surface area contributed by atoms with E-state index in [-0.39, 0.29) is 42.4 Å². The molecule has 1 N–H and O–H groups in total. The van der Waals surface area contributed by atoms with Crippen molar-refractivity contribution < 1.29 is 23.9 Å². The molecule has 1 unspecified atom stereocenters. The highest BCUT2D eigenvalue weighted by Crippen LogP contribution is 2.31. The summed E-state index contributed by atoms with van der Waals surface area (Å²) in [6, 6.07) is 4.62. The zero-order valence-corrected chi connectivity index (χ0v) is 13.7. The summed E-state index contributed by atoms with van der Waals surface area (Å²) in [7, 11) is 0. The van der Waals surface area contributed by atoms with Gasteiger partial charge in [0.2, 0.25) is 5.91 Å². The summed E-state index contributed by atoms with van der Waals surface area (Å²) in [5, 5.41) is 2.67. The van der Waals surface area contributed by atoms with Crippen LogP contribution in [-0.2, 0) is 14.3 Å². The first-order valence-corrected chi connectivity index (χ1v) is 7.87. The first kappa shape index (κ1) is 17.7. The number of benzene rings is 1. The quantitative estimate of drug-likeness (QED) is 0.446. The van der Waals surface area contributed by atoms with Gasteiger partial charge in [0.25, 0.3) is 18.3 Å². The van der Waals surface area contributed by atoms with Crippen molar-refractivity contribution in [2.75, 3.05) is 11.9 Å². The van der Waals surface area contributed by atoms with Crippen LogP contribution in [0, 0.1) is 0 Å². The molecule has 24 heavy (non-hydrogen) atoms. The van der Waals surface area contributed by atoms with E-state index in [1.807, 2.05) is 13.8 Å². The second-order valence-electron chi connectivity index (χ2n) is 5.58. The third-order valence-electron chi connectivity index (χ3n) is 3.99. The predicted octanol–water partition coefficient (Wildman–Crippen LogP) is 1.97. The largest absolute Gasteiger partial charge is 0.468 e. The highest BCUT2D eigenvalue weighted by molar-refractivity contribution is 6.24. The summed E-state index contributed by atoms with van der Waals surface area (Å²) in [4.78, 5) is 48.3. The van der Waals surface area contributed by atoms with Crippen molar-refractivity contribution in [3.05, 3.63) is 29.3 Å². The van der Waals surface area contributed by atoms with Crippen molar-refractivity contribution in [2.24, 2.45) is 0 Å². The van der Waals surface area contributed by atoms with Crippen molar-refractivity contribution >= 4 is 29.9 Å². The fraction of sp³-hybridized carbons (Fsp3) is 0.412. The van der Waals surface area contributed by atoms with Gasteiger partial charge in [0.1, 0.15) is 0 Å². The Morgan fingerprint density at radius 3 is 2.75 bits per heavy atom. The normalized spacial score (nSPS) is 14.3. The van der Waals surface area contributed by atoms with Crippen LogP contribution in [0.25, 0.3) is 0 Å². The number of nitrogens with one attached hydrogen (secondary N) is 1. The fourth-order valence-electron chi connectivity index (χ4n) is 2.57. The summed E-state index contributed by atoms with van der Waals surface area (Å²) >= 11 is 0. The summed E-state index contributed by atoms with van der Waals surface area (Å²) in [6.45, 7) is 4.20. The van der Waals surface area contributed by atoms with Gasteiger partial charge in [-0.05, 0) is 31.9 Å². The van der Waals surface area contributed by atoms with E-state index in [1.165, 1.54) is 4.90 Å². The third-order valence-corrected chi connectivity index (χ3v) is 3.99. The maximum Gasteiger partial charge on any atom is 0.293 e. The van der Waals surface area contributed by atoms with Gasteiger partial charge in [-0.15, -0.1) is 0 Å². The summed E-state index contributed by atoms with van der Waals surface area (Å²) in [5.74, 6) is -1.02. The van der Waals surface area contributed by atoms with Crippen LogP contribution in [0.5, 0.6) is 0 Å². The molecule has 1 aliphatic rings. The Hall–Kier alpha value is -2.70. The second kappa shape index (κ2) is 7.72. The van der Waals surface area contributed by atoms with E-state index in [0.717, 1.165) is 0 Å². The molecule has 1 aliphatic heterocycles. The molecule has 0 saturated heterocycles. The van der Waals surface area contributed by atoms with Crippen LogP contribution in [0.3, 0.4) is 0 Å². The number of amides is 3. The topological polar surface area (TPSA) is 92.8 Å². The summed E-state index contributed by atoms with van der Waals surface area (Å²) in [6.07, 6.45) is 1.18. The third kappa shape index (κ3) is 3.45. The SMILES string of the molecule is CCC(C)N1C(=O)c2cccc(NC(=O)CCCOC=O)c2C1=O. The van der Waals surface area contributed by atoms with E-state index in [1.54, 1.807) is 18.2 Å². The minimum absolute atomic E-state index is 0.148. The van der Waals surface area contributed by atoms with Crippen molar-refractivity contribution in [2.45, 2.75) is 39.2 Å². The molecule has 1 atom stereocenters. The average molecular weight is 332 g/mol. The van der Waals surface area contributed by atoms with Gasteiger partial charge in [0.05, 0.1) is 23.4 Å². The maximum atomic E-state index is 12.6. The molecular weight excluding hydrogens is 312 g/mol. The van der Waals surface area contributed by atoms with E-state index in [2.05, 4.69) is 10.1 Å². The smallest absolute Gasteiger partial charge is 0.293 e. The van der Waals surface area contributed by atoms with Crippen LogP contribution in [0.1, 0.15) is 53.8 Å². The fourth-order valence-corrected chi connectivity index (χ4v) is 2.57. The molecule has 7 nitrogen and oxygen atoms in total. The van der Waals surface area contributed by atoms with Crippen LogP contribution in [0.2, 0.25) is 0 Å². The molecule has 7 heteroatoms. The van der Waals surface area contributed by atoms with Gasteiger partial charge in [-0.2, -0.15) is 0 Å². The molecule has 0 spiro atoms. The van der Waals surface area contributed by atoms with E-state index in [4.69, 9.17) is 0 Å². The van der Waals surface area contributed by atoms with Crippen LogP contribution >= 0.6 is 0 Å². The Labute approximate surface area is 140 Å². The van der Waals surface area contributed by atoms with E-state index in [9.17, 15) is 19.2 Å². The number of imide groups is 1. The van der Waals surface area contributed by atoms with Gasteiger partial charge < -0.3 is 10.1 Å². The number of nitrogens with zero attached hydrogens (tertiary/aromatic N) is 1. The van der Waals surface area contributed by atoms with E-state index < -0.39 is 0 Å². The molecule has 3 amide bonds. The lowest BCUT2D eigenvalue weighted by atomic mass is 10.1. The van der Waals surface area contributed by atoms with Gasteiger partial charge in [-0.25, -0.2) is 0 Å². The monoisotopic (exact) mass is 332 g/mol. The Morgan fingerprint density at radius 1 is 1.33 bits per heavy atom. The van der Waals surface area contributed by atoms with Crippen molar-refractivity contribution in [1.82, 2.24) is 4.90 Å². The van der Waals surface area contributed by atoms with Crippen LogP contribution < -0.4 is 5.32 Å². The number of hydrogen-bond acceptors (Lipinski definition) is 5. The molecule has 0 radical (unpaired) electrons. The lowest BCUT2D eigenvalue weighted by molar-refractivity contribution is -0.129. The van der Waals surface area contributed by atoms with Gasteiger partial charge >= 0.3 is 0 Å². The summed E-state index contributed by atoms with van der Waals surface area (Å²) in [5.41, 5.74) is 0.876. The molecule has 0 aromatic heterocycles. The molecular formula is C17H20N2O5. The summed E-state index contributed by atoms with van der Waals surface area (Å²) < 4.78 is 4.53. The van der Waals surface area contributed by atoms with Crippen LogP contribution in [0.4, 0.5) is 5.69 Å². The first-order valence-electron chi connectivity index (χ1n) is 7.87. The molecule has 0 saturated carbocycles. The maximum absolute atomic E-state index is 12.6. The Kier molecular flexibility index (Phi) is 5.68. The van der Waals surface area contributed by atoms with E-state index >= 15 is 0 Å². The zero-order valence-electron chi connectivity index (χ0n) is 13.7. The zero-order chi connectivity index (χ0) is 17.7. The minimum atomic E-state index is -0.385. The Bertz CT molecular complexity index is 671. The Morgan fingerprint density at radius 2 is 2.08 bits per heavy atom. The standard InChI is InChI=1S/C17H20N2O5/c1-3-11(2)19-16(22)12-6-4-7-13(15(12)17(19)23)18-14(21)8-5-9-24-10-20/h4,6-7,10-11H,3,5,8-9H2,1-2H3,(H,18,21). The number of anilines is 1.